The van der Waals surface area contributed by atoms with Gasteiger partial charge >= 0.3 is 0 Å². The van der Waals surface area contributed by atoms with E-state index < -0.39 is 11.8 Å². The van der Waals surface area contributed by atoms with Crippen molar-refractivity contribution >= 4 is 29.4 Å². The molecule has 0 aromatic carbocycles. The Hall–Kier alpha value is -2.91. The number of Topliss-reactive ketones (excluding diaryl/α,β-unsaturated/α-hetero) is 1. The van der Waals surface area contributed by atoms with Crippen molar-refractivity contribution in [3.05, 3.63) is 12.3 Å². The highest BCUT2D eigenvalue weighted by Gasteiger charge is 2.22. The van der Waals surface area contributed by atoms with Crippen LogP contribution in [0.4, 0.5) is 0 Å². The predicted molar refractivity (Wildman–Crippen MR) is 118 cm³/mol. The third-order valence-electron chi connectivity index (χ3n) is 4.88. The number of hydrogen-bond donors (Lipinski definition) is 0. The van der Waals surface area contributed by atoms with Crippen LogP contribution in [0.3, 0.4) is 0 Å². The maximum atomic E-state index is 12.4. The van der Waals surface area contributed by atoms with Gasteiger partial charge in [0.15, 0.2) is 5.78 Å². The molecule has 0 aliphatic heterocycles. The van der Waals surface area contributed by atoms with E-state index in [1.54, 1.807) is 32.7 Å². The molecule has 0 aliphatic rings. The molecule has 0 bridgehead atoms. The van der Waals surface area contributed by atoms with Crippen molar-refractivity contribution < 1.29 is 24.0 Å². The molecule has 0 fully saturated rings. The van der Waals surface area contributed by atoms with Gasteiger partial charge < -0.3 is 24.5 Å². The molecule has 176 valence electrons. The highest BCUT2D eigenvalue weighted by atomic mass is 16.2. The number of allylic oxidation sites excluding steroid dienone is 1. The molecular formula is C21H37N5O5. The van der Waals surface area contributed by atoms with Crippen molar-refractivity contribution in [3.63, 3.8) is 0 Å². The molecule has 10 nitrogen and oxygen atoms in total. The fourth-order valence-electron chi connectivity index (χ4n) is 2.20. The maximum Gasteiger partial charge on any atom is 0.242 e. The normalized spacial score (nSPS) is 10.4. The van der Waals surface area contributed by atoms with Crippen molar-refractivity contribution in [2.45, 2.75) is 20.8 Å². The Labute approximate surface area is 185 Å². The molecule has 0 saturated heterocycles. The Morgan fingerprint density at radius 1 is 0.581 bits per heavy atom. The molecule has 0 spiro atoms. The Kier molecular flexibility index (Phi) is 11.5. The van der Waals surface area contributed by atoms with Gasteiger partial charge in [-0.25, -0.2) is 0 Å². The number of rotatable bonds is 12. The number of carbonyl (C=O) groups excluding carboxylic acids is 5. The van der Waals surface area contributed by atoms with Gasteiger partial charge in [0.1, 0.15) is 0 Å². The molecule has 0 saturated carbocycles. The van der Waals surface area contributed by atoms with Crippen LogP contribution < -0.4 is 0 Å². The third-order valence-corrected chi connectivity index (χ3v) is 4.88. The summed E-state index contributed by atoms with van der Waals surface area (Å²) in [5, 5.41) is 0. The lowest BCUT2D eigenvalue weighted by Crippen LogP contribution is -2.47. The third kappa shape index (κ3) is 10.1. The molecular weight excluding hydrogens is 402 g/mol. The zero-order chi connectivity index (χ0) is 24.5. The van der Waals surface area contributed by atoms with Gasteiger partial charge in [0, 0.05) is 46.9 Å². The summed E-state index contributed by atoms with van der Waals surface area (Å²) >= 11 is 0. The quantitative estimate of drug-likeness (QED) is 0.407. The Balaban J connectivity index is 4.63. The zero-order valence-electron chi connectivity index (χ0n) is 20.1. The fourth-order valence-corrected chi connectivity index (χ4v) is 2.20. The first-order chi connectivity index (χ1) is 14.2. The van der Waals surface area contributed by atoms with Gasteiger partial charge in [0.05, 0.1) is 32.7 Å². The first kappa shape index (κ1) is 28.1. The van der Waals surface area contributed by atoms with Crippen LogP contribution >= 0.6 is 0 Å². The highest BCUT2D eigenvalue weighted by Crippen LogP contribution is 2.00. The lowest BCUT2D eigenvalue weighted by molar-refractivity contribution is -0.144. The Morgan fingerprint density at radius 3 is 1.10 bits per heavy atom. The summed E-state index contributed by atoms with van der Waals surface area (Å²) in [7, 11) is 7.67. The first-order valence-electron chi connectivity index (χ1n) is 10.0. The number of amides is 4. The average molecular weight is 440 g/mol. The molecule has 0 heterocycles. The van der Waals surface area contributed by atoms with E-state index >= 15 is 0 Å². The number of hydrogen-bond acceptors (Lipinski definition) is 6. The number of ketones is 1. The van der Waals surface area contributed by atoms with Gasteiger partial charge in [0.2, 0.25) is 23.6 Å². The number of nitrogens with zero attached hydrogens (tertiary/aromatic N) is 5. The molecule has 0 atom stereocenters. The van der Waals surface area contributed by atoms with Crippen molar-refractivity contribution in [2.24, 2.45) is 5.92 Å². The van der Waals surface area contributed by atoms with Gasteiger partial charge in [-0.05, 0) is 6.92 Å². The lowest BCUT2D eigenvalue weighted by Gasteiger charge is -2.26. The van der Waals surface area contributed by atoms with Gasteiger partial charge in [-0.2, -0.15) is 0 Å². The molecule has 0 aromatic rings. The number of carbonyl (C=O) groups is 5. The molecule has 0 unspecified atom stereocenters. The number of likely N-dealkylation sites (N-methyl/N-ethyl adjacent to an activating group) is 5. The average Bonchev–Trinajstić information content (AvgIpc) is 2.66. The summed E-state index contributed by atoms with van der Waals surface area (Å²) in [6.45, 7) is 8.52. The molecule has 4 amide bonds. The Morgan fingerprint density at radius 2 is 0.839 bits per heavy atom. The van der Waals surface area contributed by atoms with Gasteiger partial charge in [0.25, 0.3) is 0 Å². The second kappa shape index (κ2) is 12.7. The smallest absolute Gasteiger partial charge is 0.242 e. The molecule has 0 rings (SSSR count). The highest BCUT2D eigenvalue weighted by molar-refractivity contribution is 5.91. The van der Waals surface area contributed by atoms with Gasteiger partial charge in [-0.15, -0.1) is 0 Å². The van der Waals surface area contributed by atoms with Crippen molar-refractivity contribution in [2.75, 3.05) is 68.0 Å². The van der Waals surface area contributed by atoms with E-state index in [1.165, 1.54) is 47.8 Å². The summed E-state index contributed by atoms with van der Waals surface area (Å²) in [6.07, 6.45) is 0. The minimum atomic E-state index is -0.427. The van der Waals surface area contributed by atoms with Crippen LogP contribution in [0, 0.1) is 5.92 Å². The molecule has 0 aliphatic carbocycles. The second-order valence-corrected chi connectivity index (χ2v) is 8.21. The molecule has 0 N–H and O–H groups in total. The zero-order valence-corrected chi connectivity index (χ0v) is 20.1. The molecule has 0 radical (unpaired) electrons. The summed E-state index contributed by atoms with van der Waals surface area (Å²) in [6, 6.07) is 0. The molecule has 31 heavy (non-hydrogen) atoms. The van der Waals surface area contributed by atoms with E-state index in [-0.39, 0.29) is 56.2 Å². The van der Waals surface area contributed by atoms with Crippen molar-refractivity contribution in [1.82, 2.24) is 24.5 Å². The van der Waals surface area contributed by atoms with Gasteiger partial charge in [-0.3, -0.25) is 24.0 Å². The van der Waals surface area contributed by atoms with Crippen LogP contribution in [0.5, 0.6) is 0 Å². The van der Waals surface area contributed by atoms with Gasteiger partial charge in [-0.1, -0.05) is 20.4 Å². The van der Waals surface area contributed by atoms with Crippen molar-refractivity contribution in [3.8, 4) is 0 Å². The topological polar surface area (TPSA) is 102 Å². The Bertz CT molecular complexity index is 706. The fraction of sp³-hybridized carbons (Fsp3) is 0.667. The van der Waals surface area contributed by atoms with E-state index in [9.17, 15) is 24.0 Å². The molecule has 0 aromatic heterocycles. The standard InChI is InChI=1S/C21H37N5O5/c1-15(2)17(27)10-23(6)19(29)12-25(8)21(31)14-26(9)20(30)13-24(7)18(28)11-22(5)16(3)4/h15H,3,10-14H2,1-2,4-9H3. The predicted octanol–water partition coefficient (Wildman–Crippen LogP) is -0.489. The van der Waals surface area contributed by atoms with E-state index in [0.717, 1.165) is 5.70 Å². The summed E-state index contributed by atoms with van der Waals surface area (Å²) in [5.74, 6) is -1.69. The largest absolute Gasteiger partial charge is 0.369 e. The van der Waals surface area contributed by atoms with Crippen LogP contribution in [0.25, 0.3) is 0 Å². The minimum Gasteiger partial charge on any atom is -0.369 e. The SMILES string of the molecule is C=C(C)N(C)CC(=O)N(C)CC(=O)N(C)CC(=O)N(C)CC(=O)N(C)CC(=O)C(C)C. The first-order valence-corrected chi connectivity index (χ1v) is 10.0. The summed E-state index contributed by atoms with van der Waals surface area (Å²) < 4.78 is 0. The maximum absolute atomic E-state index is 12.4. The van der Waals surface area contributed by atoms with Crippen LogP contribution in [0.2, 0.25) is 0 Å². The van der Waals surface area contributed by atoms with Crippen LogP contribution in [-0.2, 0) is 24.0 Å². The summed E-state index contributed by atoms with van der Waals surface area (Å²) in [5.41, 5.74) is 0.729. The lowest BCUT2D eigenvalue weighted by atomic mass is 10.1. The van der Waals surface area contributed by atoms with Crippen LogP contribution in [0.1, 0.15) is 20.8 Å². The van der Waals surface area contributed by atoms with Crippen LogP contribution in [0.15, 0.2) is 12.3 Å². The second-order valence-electron chi connectivity index (χ2n) is 8.21. The van der Waals surface area contributed by atoms with Crippen molar-refractivity contribution in [1.29, 1.82) is 0 Å². The van der Waals surface area contributed by atoms with E-state index in [1.807, 2.05) is 0 Å². The minimum absolute atomic E-state index is 0.0160. The van der Waals surface area contributed by atoms with E-state index in [4.69, 9.17) is 0 Å². The van der Waals surface area contributed by atoms with E-state index in [0.29, 0.717) is 0 Å². The van der Waals surface area contributed by atoms with E-state index in [2.05, 4.69) is 6.58 Å². The summed E-state index contributed by atoms with van der Waals surface area (Å²) in [4.78, 5) is 67.6. The molecule has 10 heteroatoms. The van der Waals surface area contributed by atoms with Crippen LogP contribution in [-0.4, -0.2) is 122 Å². The monoisotopic (exact) mass is 439 g/mol.